The van der Waals surface area contributed by atoms with E-state index in [1.807, 2.05) is 12.1 Å². The molecule has 0 aliphatic heterocycles. The molecule has 0 radical (unpaired) electrons. The van der Waals surface area contributed by atoms with Crippen LogP contribution in [0.1, 0.15) is 10.4 Å². The Morgan fingerprint density at radius 2 is 1.04 bits per heavy atom. The summed E-state index contributed by atoms with van der Waals surface area (Å²) in [4.78, 5) is 10.3. The van der Waals surface area contributed by atoms with Crippen molar-refractivity contribution in [3.8, 4) is 28.4 Å². The summed E-state index contributed by atoms with van der Waals surface area (Å²) < 4.78 is 0. The van der Waals surface area contributed by atoms with Crippen molar-refractivity contribution in [3.05, 3.63) is 78.4 Å². The van der Waals surface area contributed by atoms with Crippen molar-refractivity contribution in [2.24, 2.45) is 0 Å². The molecule has 0 aliphatic carbocycles. The summed E-state index contributed by atoms with van der Waals surface area (Å²) in [5.74, 6) is -3.33. The zero-order valence-electron chi connectivity index (χ0n) is 12.6. The number of carboxylic acid groups (broad SMARTS) is 1. The highest BCUT2D eigenvalue weighted by molar-refractivity contribution is 5.89. The number of rotatable bonds is 2. The molecule has 5 nitrogen and oxygen atoms in total. The van der Waals surface area contributed by atoms with Crippen LogP contribution in [0.3, 0.4) is 0 Å². The number of benzene rings is 3. The lowest BCUT2D eigenvalue weighted by atomic mass is 10.1. The SMILES string of the molecule is O=C(O)c1cc(O)c(O)c(O)c1.c1ccc(-c2ccccc2)cc1. The molecule has 0 heterocycles. The van der Waals surface area contributed by atoms with Gasteiger partial charge in [0, 0.05) is 0 Å². The molecule has 0 aromatic heterocycles. The molecule has 3 rings (SSSR count). The molecule has 0 atom stereocenters. The zero-order chi connectivity index (χ0) is 17.5. The van der Waals surface area contributed by atoms with Crippen LogP contribution in [-0.2, 0) is 0 Å². The molecule has 0 fully saturated rings. The van der Waals surface area contributed by atoms with E-state index in [0.29, 0.717) is 0 Å². The van der Waals surface area contributed by atoms with Gasteiger partial charge in [-0.25, -0.2) is 4.79 Å². The van der Waals surface area contributed by atoms with Crippen LogP contribution in [-0.4, -0.2) is 26.4 Å². The molecule has 5 heteroatoms. The first-order chi connectivity index (χ1) is 11.5. The molecule has 0 amide bonds. The lowest BCUT2D eigenvalue weighted by Gasteiger charge is -2.01. The van der Waals surface area contributed by atoms with Crippen molar-refractivity contribution in [2.45, 2.75) is 0 Å². The third-order valence-electron chi connectivity index (χ3n) is 3.20. The van der Waals surface area contributed by atoms with Crippen molar-refractivity contribution < 1.29 is 25.2 Å². The van der Waals surface area contributed by atoms with Crippen molar-refractivity contribution in [1.82, 2.24) is 0 Å². The van der Waals surface area contributed by atoms with E-state index in [4.69, 9.17) is 20.4 Å². The van der Waals surface area contributed by atoms with E-state index in [2.05, 4.69) is 48.5 Å². The van der Waals surface area contributed by atoms with Gasteiger partial charge < -0.3 is 20.4 Å². The Hall–Kier alpha value is -3.47. The monoisotopic (exact) mass is 324 g/mol. The van der Waals surface area contributed by atoms with Crippen LogP contribution in [0.4, 0.5) is 0 Å². The Morgan fingerprint density at radius 1 is 0.667 bits per heavy atom. The largest absolute Gasteiger partial charge is 0.504 e. The summed E-state index contributed by atoms with van der Waals surface area (Å²) in [5.41, 5.74) is 2.26. The number of carboxylic acids is 1. The maximum atomic E-state index is 10.3. The first-order valence-corrected chi connectivity index (χ1v) is 7.07. The van der Waals surface area contributed by atoms with Crippen LogP contribution >= 0.6 is 0 Å². The second-order valence-electron chi connectivity index (χ2n) is 4.90. The molecule has 0 saturated heterocycles. The third kappa shape index (κ3) is 4.27. The van der Waals surface area contributed by atoms with Crippen LogP contribution in [0, 0.1) is 0 Å². The highest BCUT2D eigenvalue weighted by atomic mass is 16.4. The van der Waals surface area contributed by atoms with E-state index < -0.39 is 23.2 Å². The first-order valence-electron chi connectivity index (χ1n) is 7.07. The fourth-order valence-corrected chi connectivity index (χ4v) is 1.99. The predicted molar refractivity (Wildman–Crippen MR) is 90.3 cm³/mol. The predicted octanol–water partition coefficient (Wildman–Crippen LogP) is 3.86. The van der Waals surface area contributed by atoms with E-state index in [-0.39, 0.29) is 5.56 Å². The Balaban J connectivity index is 0.000000174. The van der Waals surface area contributed by atoms with E-state index in [9.17, 15) is 4.79 Å². The average Bonchev–Trinajstić information content (AvgIpc) is 2.61. The lowest BCUT2D eigenvalue weighted by Crippen LogP contribution is -1.95. The van der Waals surface area contributed by atoms with Crippen LogP contribution in [0.15, 0.2) is 72.8 Å². The summed E-state index contributed by atoms with van der Waals surface area (Å²) in [6.07, 6.45) is 0. The Kier molecular flexibility index (Phi) is 5.41. The molecule has 0 spiro atoms. The van der Waals surface area contributed by atoms with E-state index >= 15 is 0 Å². The number of phenols is 3. The summed E-state index contributed by atoms with van der Waals surface area (Å²) >= 11 is 0. The maximum absolute atomic E-state index is 10.3. The number of phenolic OH excluding ortho intramolecular Hbond substituents is 3. The van der Waals surface area contributed by atoms with Gasteiger partial charge >= 0.3 is 5.97 Å². The summed E-state index contributed by atoms with van der Waals surface area (Å²) in [7, 11) is 0. The standard InChI is InChI=1S/C12H10.C7H6O5/c1-3-7-11(8-4-1)12-9-5-2-6-10-12;8-4-1-3(7(11)12)2-5(9)6(4)10/h1-10H;1-2,8-10H,(H,11,12). The second-order valence-corrected chi connectivity index (χ2v) is 4.90. The van der Waals surface area contributed by atoms with Gasteiger partial charge in [-0.3, -0.25) is 0 Å². The van der Waals surface area contributed by atoms with Gasteiger partial charge in [0.25, 0.3) is 0 Å². The van der Waals surface area contributed by atoms with Crippen molar-refractivity contribution in [3.63, 3.8) is 0 Å². The Bertz CT molecular complexity index is 753. The quantitative estimate of drug-likeness (QED) is 0.537. The van der Waals surface area contributed by atoms with Crippen LogP contribution in [0.2, 0.25) is 0 Å². The lowest BCUT2D eigenvalue weighted by molar-refractivity contribution is 0.0696. The molecule has 0 saturated carbocycles. The average molecular weight is 324 g/mol. The molecule has 122 valence electrons. The van der Waals surface area contributed by atoms with Gasteiger partial charge in [0.2, 0.25) is 0 Å². The minimum Gasteiger partial charge on any atom is -0.504 e. The number of hydrogen-bond acceptors (Lipinski definition) is 4. The fourth-order valence-electron chi connectivity index (χ4n) is 1.99. The van der Waals surface area contributed by atoms with Crippen molar-refractivity contribution >= 4 is 5.97 Å². The van der Waals surface area contributed by atoms with Crippen LogP contribution in [0.25, 0.3) is 11.1 Å². The molecule has 0 unspecified atom stereocenters. The van der Waals surface area contributed by atoms with E-state index in [1.54, 1.807) is 0 Å². The molecular formula is C19H16O5. The number of aromatic hydroxyl groups is 3. The van der Waals surface area contributed by atoms with Gasteiger partial charge in [-0.1, -0.05) is 60.7 Å². The molecule has 0 aliphatic rings. The van der Waals surface area contributed by atoms with E-state index in [0.717, 1.165) is 12.1 Å². The van der Waals surface area contributed by atoms with Crippen LogP contribution < -0.4 is 0 Å². The Labute approximate surface area is 138 Å². The molecule has 3 aromatic rings. The summed E-state index contributed by atoms with van der Waals surface area (Å²) in [5, 5.41) is 35.0. The number of aromatic carboxylic acids is 1. The molecule has 4 N–H and O–H groups in total. The Morgan fingerprint density at radius 3 is 1.38 bits per heavy atom. The van der Waals surface area contributed by atoms with Crippen molar-refractivity contribution in [2.75, 3.05) is 0 Å². The van der Waals surface area contributed by atoms with Crippen molar-refractivity contribution in [1.29, 1.82) is 0 Å². The van der Waals surface area contributed by atoms with Crippen LogP contribution in [0.5, 0.6) is 17.2 Å². The number of hydrogen-bond donors (Lipinski definition) is 4. The minimum atomic E-state index is -1.29. The molecule has 0 bridgehead atoms. The van der Waals surface area contributed by atoms with Gasteiger partial charge in [-0.05, 0) is 23.3 Å². The normalized spacial score (nSPS) is 9.67. The van der Waals surface area contributed by atoms with Gasteiger partial charge in [0.1, 0.15) is 0 Å². The molecule has 3 aromatic carbocycles. The maximum Gasteiger partial charge on any atom is 0.335 e. The fraction of sp³-hybridized carbons (Fsp3) is 0. The molecule has 24 heavy (non-hydrogen) atoms. The van der Waals surface area contributed by atoms with Gasteiger partial charge in [-0.2, -0.15) is 0 Å². The third-order valence-corrected chi connectivity index (χ3v) is 3.20. The summed E-state index contributed by atoms with van der Waals surface area (Å²) in [6, 6.07) is 22.5. The number of carbonyl (C=O) groups is 1. The van der Waals surface area contributed by atoms with E-state index in [1.165, 1.54) is 11.1 Å². The highest BCUT2D eigenvalue weighted by Gasteiger charge is 2.11. The smallest absolute Gasteiger partial charge is 0.335 e. The molecular weight excluding hydrogens is 308 g/mol. The summed E-state index contributed by atoms with van der Waals surface area (Å²) in [6.45, 7) is 0. The van der Waals surface area contributed by atoms with Gasteiger partial charge in [0.15, 0.2) is 17.2 Å². The minimum absolute atomic E-state index is 0.289. The highest BCUT2D eigenvalue weighted by Crippen LogP contribution is 2.35. The topological polar surface area (TPSA) is 98.0 Å². The zero-order valence-corrected chi connectivity index (χ0v) is 12.6. The van der Waals surface area contributed by atoms with Gasteiger partial charge in [0.05, 0.1) is 5.56 Å². The second kappa shape index (κ2) is 7.69. The first kappa shape index (κ1) is 16.9. The van der Waals surface area contributed by atoms with Gasteiger partial charge in [-0.15, -0.1) is 0 Å².